The fourth-order valence-electron chi connectivity index (χ4n) is 2.10. The molecule has 1 heteroatoms. The molecular formula is C15H13N. The quantitative estimate of drug-likeness (QED) is 0.696. The van der Waals surface area contributed by atoms with Gasteiger partial charge in [-0.3, -0.25) is 4.98 Å². The van der Waals surface area contributed by atoms with Crippen molar-refractivity contribution < 1.29 is 0 Å². The number of fused-ring (bicyclic) bond motifs is 1. The van der Waals surface area contributed by atoms with Crippen molar-refractivity contribution in [2.75, 3.05) is 0 Å². The van der Waals surface area contributed by atoms with Gasteiger partial charge in [0.2, 0.25) is 0 Å². The highest BCUT2D eigenvalue weighted by molar-refractivity contribution is 5.69. The molecule has 0 amide bonds. The summed E-state index contributed by atoms with van der Waals surface area (Å²) in [5, 5.41) is 0. The molecule has 0 fully saturated rings. The molecule has 1 nitrogen and oxygen atoms in total. The maximum absolute atomic E-state index is 4.50. The minimum atomic E-state index is 0.976. The summed E-state index contributed by atoms with van der Waals surface area (Å²) in [6, 6.07) is 10.8. The van der Waals surface area contributed by atoms with E-state index in [9.17, 15) is 0 Å². The van der Waals surface area contributed by atoms with Crippen molar-refractivity contribution in [1.29, 1.82) is 0 Å². The summed E-state index contributed by atoms with van der Waals surface area (Å²) in [4.78, 5) is 4.50. The summed E-state index contributed by atoms with van der Waals surface area (Å²) in [6.07, 6.45) is 7.27. The summed E-state index contributed by atoms with van der Waals surface area (Å²) in [5.41, 5.74) is 6.19. The van der Waals surface area contributed by atoms with E-state index >= 15 is 0 Å². The molecule has 0 saturated carbocycles. The second kappa shape index (κ2) is 3.60. The Morgan fingerprint density at radius 3 is 2.94 bits per heavy atom. The van der Waals surface area contributed by atoms with Crippen molar-refractivity contribution in [2.24, 2.45) is 0 Å². The minimum Gasteiger partial charge on any atom is -0.260 e. The number of benzene rings is 1. The second-order valence-corrected chi connectivity index (χ2v) is 4.24. The molecule has 0 saturated heterocycles. The van der Waals surface area contributed by atoms with Gasteiger partial charge in [-0.2, -0.15) is 0 Å². The molecule has 1 aromatic heterocycles. The van der Waals surface area contributed by atoms with Gasteiger partial charge in [0.05, 0.1) is 5.69 Å². The Balaban J connectivity index is 2.10. The number of nitrogens with zero attached hydrogens (tertiary/aromatic N) is 1. The third-order valence-electron chi connectivity index (χ3n) is 2.96. The summed E-state index contributed by atoms with van der Waals surface area (Å²) in [7, 11) is 0. The summed E-state index contributed by atoms with van der Waals surface area (Å²) in [5.74, 6) is 0. The van der Waals surface area contributed by atoms with Crippen molar-refractivity contribution in [2.45, 2.75) is 13.3 Å². The number of rotatable bonds is 1. The zero-order chi connectivity index (χ0) is 11.0. The van der Waals surface area contributed by atoms with Gasteiger partial charge in [-0.1, -0.05) is 42.0 Å². The van der Waals surface area contributed by atoms with Crippen LogP contribution in [0.4, 0.5) is 0 Å². The molecule has 16 heavy (non-hydrogen) atoms. The van der Waals surface area contributed by atoms with E-state index in [2.05, 4.69) is 54.4 Å². The molecule has 0 N–H and O–H groups in total. The van der Waals surface area contributed by atoms with Gasteiger partial charge >= 0.3 is 0 Å². The highest BCUT2D eigenvalue weighted by Crippen LogP contribution is 2.25. The monoisotopic (exact) mass is 207 g/mol. The standard InChI is InChI=1S/C15H13N/c1-11-4-2-5-12(8-11)14-9-13-6-3-7-15(13)16-10-14/h2-6,8-10H,7H2,1H3. The van der Waals surface area contributed by atoms with Crippen LogP contribution < -0.4 is 0 Å². The van der Waals surface area contributed by atoms with Crippen LogP contribution in [0, 0.1) is 6.92 Å². The van der Waals surface area contributed by atoms with Gasteiger partial charge < -0.3 is 0 Å². The third-order valence-corrected chi connectivity index (χ3v) is 2.96. The van der Waals surface area contributed by atoms with E-state index < -0.39 is 0 Å². The van der Waals surface area contributed by atoms with Crippen LogP contribution in [0.5, 0.6) is 0 Å². The van der Waals surface area contributed by atoms with Gasteiger partial charge in [-0.05, 0) is 24.1 Å². The average molecular weight is 207 g/mol. The zero-order valence-corrected chi connectivity index (χ0v) is 9.27. The molecule has 0 unspecified atom stereocenters. The molecule has 0 aliphatic heterocycles. The van der Waals surface area contributed by atoms with Crippen LogP contribution >= 0.6 is 0 Å². The normalized spacial score (nSPS) is 12.8. The molecule has 0 bridgehead atoms. The lowest BCUT2D eigenvalue weighted by atomic mass is 10.0. The molecule has 1 aliphatic carbocycles. The van der Waals surface area contributed by atoms with Crippen LogP contribution in [0.2, 0.25) is 0 Å². The van der Waals surface area contributed by atoms with Crippen molar-refractivity contribution in [1.82, 2.24) is 4.98 Å². The molecular weight excluding hydrogens is 194 g/mol. The number of pyridine rings is 1. The van der Waals surface area contributed by atoms with Gasteiger partial charge in [0.1, 0.15) is 0 Å². The fourth-order valence-corrected chi connectivity index (χ4v) is 2.10. The van der Waals surface area contributed by atoms with Crippen LogP contribution in [-0.2, 0) is 6.42 Å². The first-order chi connectivity index (χ1) is 7.83. The first-order valence-corrected chi connectivity index (χ1v) is 5.55. The van der Waals surface area contributed by atoms with E-state index in [0.717, 1.165) is 6.42 Å². The molecule has 2 aromatic rings. The molecule has 0 spiro atoms. The topological polar surface area (TPSA) is 12.9 Å². The van der Waals surface area contributed by atoms with Gasteiger partial charge in [-0.25, -0.2) is 0 Å². The van der Waals surface area contributed by atoms with E-state index in [-0.39, 0.29) is 0 Å². The fraction of sp³-hybridized carbons (Fsp3) is 0.133. The van der Waals surface area contributed by atoms with E-state index in [1.54, 1.807) is 0 Å². The van der Waals surface area contributed by atoms with Gasteiger partial charge in [0.25, 0.3) is 0 Å². The summed E-state index contributed by atoms with van der Waals surface area (Å²) < 4.78 is 0. The predicted molar refractivity (Wildman–Crippen MR) is 67.1 cm³/mol. The third kappa shape index (κ3) is 1.54. The number of hydrogen-bond donors (Lipinski definition) is 0. The SMILES string of the molecule is Cc1cccc(-c2cnc3c(c2)C=CC3)c1. The average Bonchev–Trinajstić information content (AvgIpc) is 2.75. The Bertz CT molecular complexity index is 567. The lowest BCUT2D eigenvalue weighted by Crippen LogP contribution is -1.89. The minimum absolute atomic E-state index is 0.976. The van der Waals surface area contributed by atoms with Crippen LogP contribution in [0.25, 0.3) is 17.2 Å². The molecule has 78 valence electrons. The Labute approximate surface area is 95.5 Å². The number of aryl methyl sites for hydroxylation is 1. The van der Waals surface area contributed by atoms with Gasteiger partial charge in [0, 0.05) is 18.2 Å². The maximum atomic E-state index is 4.50. The van der Waals surface area contributed by atoms with E-state index in [0.29, 0.717) is 0 Å². The highest BCUT2D eigenvalue weighted by atomic mass is 14.7. The Hall–Kier alpha value is -1.89. The van der Waals surface area contributed by atoms with Crippen molar-refractivity contribution >= 4 is 6.08 Å². The molecule has 0 radical (unpaired) electrons. The summed E-state index contributed by atoms with van der Waals surface area (Å²) >= 11 is 0. The van der Waals surface area contributed by atoms with Crippen LogP contribution in [0.1, 0.15) is 16.8 Å². The van der Waals surface area contributed by atoms with E-state index in [1.165, 1.54) is 27.9 Å². The summed E-state index contributed by atoms with van der Waals surface area (Å²) in [6.45, 7) is 2.12. The van der Waals surface area contributed by atoms with Crippen LogP contribution in [0.3, 0.4) is 0 Å². The zero-order valence-electron chi connectivity index (χ0n) is 9.27. The molecule has 0 atom stereocenters. The van der Waals surface area contributed by atoms with Crippen LogP contribution in [0.15, 0.2) is 42.6 Å². The largest absolute Gasteiger partial charge is 0.260 e. The van der Waals surface area contributed by atoms with Crippen molar-refractivity contribution in [3.63, 3.8) is 0 Å². The Morgan fingerprint density at radius 2 is 2.06 bits per heavy atom. The highest BCUT2D eigenvalue weighted by Gasteiger charge is 2.07. The molecule has 3 rings (SSSR count). The predicted octanol–water partition coefficient (Wildman–Crippen LogP) is 3.63. The number of hydrogen-bond acceptors (Lipinski definition) is 1. The lowest BCUT2D eigenvalue weighted by Gasteiger charge is -2.05. The van der Waals surface area contributed by atoms with Crippen molar-refractivity contribution in [3.8, 4) is 11.1 Å². The lowest BCUT2D eigenvalue weighted by molar-refractivity contribution is 1.13. The second-order valence-electron chi connectivity index (χ2n) is 4.24. The van der Waals surface area contributed by atoms with E-state index in [4.69, 9.17) is 0 Å². The molecule has 1 aromatic carbocycles. The Morgan fingerprint density at radius 1 is 1.12 bits per heavy atom. The smallest absolute Gasteiger partial charge is 0.0513 e. The maximum Gasteiger partial charge on any atom is 0.0513 e. The van der Waals surface area contributed by atoms with Gasteiger partial charge in [-0.15, -0.1) is 0 Å². The Kier molecular flexibility index (Phi) is 2.10. The first-order valence-electron chi connectivity index (χ1n) is 5.55. The van der Waals surface area contributed by atoms with Crippen molar-refractivity contribution in [3.05, 3.63) is 59.4 Å². The molecule has 1 aliphatic rings. The van der Waals surface area contributed by atoms with Gasteiger partial charge in [0.15, 0.2) is 0 Å². The number of aromatic nitrogens is 1. The molecule has 1 heterocycles. The van der Waals surface area contributed by atoms with Crippen LogP contribution in [-0.4, -0.2) is 4.98 Å². The first kappa shape index (κ1) is 9.34. The number of allylic oxidation sites excluding steroid dienone is 1. The van der Waals surface area contributed by atoms with E-state index in [1.807, 2.05) is 6.20 Å².